The maximum Gasteiger partial charge on any atom is 0.133 e. The van der Waals surface area contributed by atoms with Crippen molar-refractivity contribution < 1.29 is 0 Å². The maximum absolute atomic E-state index is 4.77. The molecule has 0 bridgehead atoms. The molecule has 120 valence electrons. The fourth-order valence-corrected chi connectivity index (χ4v) is 2.44. The molecule has 3 rings (SSSR count). The van der Waals surface area contributed by atoms with Gasteiger partial charge in [-0.05, 0) is 31.9 Å². The summed E-state index contributed by atoms with van der Waals surface area (Å²) in [5, 5.41) is 4.48. The number of hydrogen-bond donors (Lipinski definition) is 0. The zero-order valence-corrected chi connectivity index (χ0v) is 13.8. The predicted molar refractivity (Wildman–Crippen MR) is 92.2 cm³/mol. The summed E-state index contributed by atoms with van der Waals surface area (Å²) in [5.41, 5.74) is 1.04. The second kappa shape index (κ2) is 7.22. The van der Waals surface area contributed by atoms with Crippen molar-refractivity contribution in [1.82, 2.24) is 19.7 Å². The molecule has 2 heterocycles. The standard InChI is InChI=1S/C18H23N5/c1-3-4-5-6-12-23(14-16-10-13-22(2)21-16)17-9-11-19-18(20-17)15-7-8-15/h3-6,9-11,13,15H,7-8,12,14H2,1-2H3/b4-3+,6-5+. The lowest BCUT2D eigenvalue weighted by molar-refractivity contribution is 0.723. The molecule has 0 atom stereocenters. The molecule has 0 N–H and O–H groups in total. The SMILES string of the molecule is C/C=C/C=C/CN(Cc1ccn(C)n1)c1ccnc(C2CC2)n1. The van der Waals surface area contributed by atoms with E-state index in [-0.39, 0.29) is 0 Å². The van der Waals surface area contributed by atoms with Crippen molar-refractivity contribution >= 4 is 5.82 Å². The summed E-state index contributed by atoms with van der Waals surface area (Å²) in [5.74, 6) is 2.51. The lowest BCUT2D eigenvalue weighted by atomic mass is 10.3. The van der Waals surface area contributed by atoms with Crippen molar-refractivity contribution in [3.8, 4) is 0 Å². The summed E-state index contributed by atoms with van der Waals surface area (Å²) < 4.78 is 1.83. The molecule has 2 aromatic heterocycles. The van der Waals surface area contributed by atoms with Gasteiger partial charge in [-0.25, -0.2) is 9.97 Å². The molecule has 5 heteroatoms. The van der Waals surface area contributed by atoms with Crippen LogP contribution in [0.3, 0.4) is 0 Å². The highest BCUT2D eigenvalue weighted by atomic mass is 15.3. The van der Waals surface area contributed by atoms with Crippen molar-refractivity contribution in [3.63, 3.8) is 0 Å². The van der Waals surface area contributed by atoms with Gasteiger partial charge in [0.15, 0.2) is 0 Å². The van der Waals surface area contributed by atoms with Gasteiger partial charge >= 0.3 is 0 Å². The number of hydrogen-bond acceptors (Lipinski definition) is 4. The summed E-state index contributed by atoms with van der Waals surface area (Å²) in [6.45, 7) is 3.55. The van der Waals surface area contributed by atoms with E-state index in [0.717, 1.165) is 30.4 Å². The van der Waals surface area contributed by atoms with Gasteiger partial charge in [0.05, 0.1) is 12.2 Å². The van der Waals surface area contributed by atoms with Crippen LogP contribution in [0.25, 0.3) is 0 Å². The third-order valence-electron chi connectivity index (χ3n) is 3.81. The maximum atomic E-state index is 4.77. The Kier molecular flexibility index (Phi) is 4.86. The zero-order valence-electron chi connectivity index (χ0n) is 13.8. The molecule has 1 aliphatic rings. The van der Waals surface area contributed by atoms with Crippen LogP contribution in [0.4, 0.5) is 5.82 Å². The van der Waals surface area contributed by atoms with Gasteiger partial charge in [0, 0.05) is 31.9 Å². The van der Waals surface area contributed by atoms with Crippen molar-refractivity contribution in [2.75, 3.05) is 11.4 Å². The van der Waals surface area contributed by atoms with Crippen LogP contribution < -0.4 is 4.90 Å². The first-order valence-electron chi connectivity index (χ1n) is 8.10. The van der Waals surface area contributed by atoms with E-state index in [4.69, 9.17) is 4.98 Å². The average Bonchev–Trinajstić information content (AvgIpc) is 3.34. The number of rotatable bonds is 7. The highest BCUT2D eigenvalue weighted by Crippen LogP contribution is 2.38. The summed E-state index contributed by atoms with van der Waals surface area (Å²) in [6.07, 6.45) is 14.5. The first-order valence-corrected chi connectivity index (χ1v) is 8.10. The largest absolute Gasteiger partial charge is 0.347 e. The Labute approximate surface area is 137 Å². The Hall–Kier alpha value is -2.43. The molecule has 0 aromatic carbocycles. The van der Waals surface area contributed by atoms with Crippen LogP contribution in [0.2, 0.25) is 0 Å². The molecule has 0 radical (unpaired) electrons. The van der Waals surface area contributed by atoms with Gasteiger partial charge in [0.1, 0.15) is 11.6 Å². The lowest BCUT2D eigenvalue weighted by Crippen LogP contribution is -2.24. The van der Waals surface area contributed by atoms with Gasteiger partial charge in [-0.3, -0.25) is 4.68 Å². The van der Waals surface area contributed by atoms with E-state index in [0.29, 0.717) is 5.92 Å². The number of aryl methyl sites for hydroxylation is 1. The molecule has 1 fully saturated rings. The van der Waals surface area contributed by atoms with Gasteiger partial charge < -0.3 is 4.90 Å². The number of allylic oxidation sites excluding steroid dienone is 3. The molecular weight excluding hydrogens is 286 g/mol. The van der Waals surface area contributed by atoms with Gasteiger partial charge in [-0.15, -0.1) is 0 Å². The van der Waals surface area contributed by atoms with Crippen LogP contribution in [-0.2, 0) is 13.6 Å². The normalized spacial score (nSPS) is 14.9. The molecule has 0 unspecified atom stereocenters. The van der Waals surface area contributed by atoms with Crippen molar-refractivity contribution in [1.29, 1.82) is 0 Å². The molecule has 2 aromatic rings. The van der Waals surface area contributed by atoms with Crippen LogP contribution >= 0.6 is 0 Å². The molecule has 0 spiro atoms. The van der Waals surface area contributed by atoms with Crippen LogP contribution in [-0.4, -0.2) is 26.3 Å². The van der Waals surface area contributed by atoms with Crippen molar-refractivity contribution in [2.45, 2.75) is 32.2 Å². The topological polar surface area (TPSA) is 46.8 Å². The minimum atomic E-state index is 0.560. The van der Waals surface area contributed by atoms with Crippen molar-refractivity contribution in [3.05, 3.63) is 60.3 Å². The Balaban J connectivity index is 1.79. The lowest BCUT2D eigenvalue weighted by Gasteiger charge is -2.21. The van der Waals surface area contributed by atoms with Gasteiger partial charge in [0.2, 0.25) is 0 Å². The molecule has 5 nitrogen and oxygen atoms in total. The first kappa shape index (κ1) is 15.5. The summed E-state index contributed by atoms with van der Waals surface area (Å²) in [6, 6.07) is 4.03. The average molecular weight is 309 g/mol. The summed E-state index contributed by atoms with van der Waals surface area (Å²) in [4.78, 5) is 11.4. The third kappa shape index (κ3) is 4.28. The molecule has 0 amide bonds. The number of nitrogens with zero attached hydrogens (tertiary/aromatic N) is 5. The highest BCUT2D eigenvalue weighted by molar-refractivity contribution is 5.40. The Morgan fingerprint density at radius 3 is 2.87 bits per heavy atom. The molecule has 1 aliphatic carbocycles. The van der Waals surface area contributed by atoms with E-state index < -0.39 is 0 Å². The van der Waals surface area contributed by atoms with E-state index in [1.807, 2.05) is 55.3 Å². The van der Waals surface area contributed by atoms with E-state index in [1.165, 1.54) is 12.8 Å². The van der Waals surface area contributed by atoms with Gasteiger partial charge in [0.25, 0.3) is 0 Å². The molecular formula is C18H23N5. The zero-order chi connectivity index (χ0) is 16.1. The first-order chi connectivity index (χ1) is 11.3. The van der Waals surface area contributed by atoms with Crippen LogP contribution in [0.1, 0.15) is 37.2 Å². The van der Waals surface area contributed by atoms with E-state index in [9.17, 15) is 0 Å². The second-order valence-corrected chi connectivity index (χ2v) is 5.86. The monoisotopic (exact) mass is 309 g/mol. The number of anilines is 1. The van der Waals surface area contributed by atoms with Crippen LogP contribution in [0, 0.1) is 0 Å². The van der Waals surface area contributed by atoms with Gasteiger partial charge in [-0.2, -0.15) is 5.10 Å². The van der Waals surface area contributed by atoms with E-state index >= 15 is 0 Å². The molecule has 0 saturated heterocycles. The quantitative estimate of drug-likeness (QED) is 0.737. The fraction of sp³-hybridized carbons (Fsp3) is 0.389. The minimum absolute atomic E-state index is 0.560. The van der Waals surface area contributed by atoms with Gasteiger partial charge in [-0.1, -0.05) is 24.3 Å². The molecule has 23 heavy (non-hydrogen) atoms. The van der Waals surface area contributed by atoms with E-state index in [1.54, 1.807) is 0 Å². The Bertz CT molecular complexity index is 697. The highest BCUT2D eigenvalue weighted by Gasteiger charge is 2.27. The van der Waals surface area contributed by atoms with Crippen molar-refractivity contribution in [2.24, 2.45) is 7.05 Å². The minimum Gasteiger partial charge on any atom is -0.347 e. The molecule has 0 aliphatic heterocycles. The summed E-state index contributed by atoms with van der Waals surface area (Å²) in [7, 11) is 1.94. The predicted octanol–water partition coefficient (Wildman–Crippen LogP) is 3.23. The molecule has 1 saturated carbocycles. The second-order valence-electron chi connectivity index (χ2n) is 5.86. The van der Waals surface area contributed by atoms with E-state index in [2.05, 4.69) is 27.1 Å². The smallest absolute Gasteiger partial charge is 0.133 e. The number of aromatic nitrogens is 4. The Morgan fingerprint density at radius 1 is 1.30 bits per heavy atom. The fourth-order valence-electron chi connectivity index (χ4n) is 2.44. The van der Waals surface area contributed by atoms with Crippen LogP contribution in [0.15, 0.2) is 48.8 Å². The third-order valence-corrected chi connectivity index (χ3v) is 3.81. The summed E-state index contributed by atoms with van der Waals surface area (Å²) >= 11 is 0. The van der Waals surface area contributed by atoms with Crippen LogP contribution in [0.5, 0.6) is 0 Å². The Morgan fingerprint density at radius 2 is 2.17 bits per heavy atom.